The number of carbonyl (C=O) groups excluding carboxylic acids is 2. The maximum absolute atomic E-state index is 12.8. The SMILES string of the molecule is CC(=O)Nc1ccc2nc(NC(=O)C(C)(C)Oc3ccc(C(C)(C)C)cc3)sc2c1. The van der Waals surface area contributed by atoms with Crippen LogP contribution < -0.4 is 15.4 Å². The fourth-order valence-electron chi connectivity index (χ4n) is 2.87. The predicted molar refractivity (Wildman–Crippen MR) is 122 cm³/mol. The van der Waals surface area contributed by atoms with Crippen LogP contribution in [0, 0.1) is 0 Å². The monoisotopic (exact) mass is 425 g/mol. The lowest BCUT2D eigenvalue weighted by Crippen LogP contribution is -2.42. The lowest BCUT2D eigenvalue weighted by atomic mass is 9.87. The maximum Gasteiger partial charge on any atom is 0.269 e. The summed E-state index contributed by atoms with van der Waals surface area (Å²) < 4.78 is 6.83. The molecule has 0 radical (unpaired) electrons. The molecule has 0 aliphatic heterocycles. The number of benzene rings is 2. The second-order valence-corrected chi connectivity index (χ2v) is 9.75. The van der Waals surface area contributed by atoms with Gasteiger partial charge in [0, 0.05) is 12.6 Å². The molecule has 2 amide bonds. The van der Waals surface area contributed by atoms with Crippen molar-refractivity contribution in [1.82, 2.24) is 4.98 Å². The van der Waals surface area contributed by atoms with Gasteiger partial charge in [-0.25, -0.2) is 4.98 Å². The van der Waals surface area contributed by atoms with Crippen LogP contribution in [0.15, 0.2) is 42.5 Å². The number of hydrogen-bond acceptors (Lipinski definition) is 5. The van der Waals surface area contributed by atoms with Gasteiger partial charge in [0.25, 0.3) is 5.91 Å². The Labute approximate surface area is 180 Å². The Morgan fingerprint density at radius 2 is 1.63 bits per heavy atom. The molecule has 158 valence electrons. The molecule has 0 atom stereocenters. The Hall–Kier alpha value is -2.93. The van der Waals surface area contributed by atoms with Gasteiger partial charge in [-0.2, -0.15) is 0 Å². The summed E-state index contributed by atoms with van der Waals surface area (Å²) in [4.78, 5) is 28.5. The van der Waals surface area contributed by atoms with Crippen molar-refractivity contribution >= 4 is 44.2 Å². The number of ether oxygens (including phenoxy) is 1. The van der Waals surface area contributed by atoms with E-state index in [1.807, 2.05) is 36.4 Å². The Balaban J connectivity index is 1.71. The molecule has 1 aromatic heterocycles. The quantitative estimate of drug-likeness (QED) is 0.578. The van der Waals surface area contributed by atoms with E-state index >= 15 is 0 Å². The molecule has 0 saturated heterocycles. The van der Waals surface area contributed by atoms with E-state index in [1.54, 1.807) is 19.9 Å². The normalized spacial score (nSPS) is 11.9. The summed E-state index contributed by atoms with van der Waals surface area (Å²) in [5.74, 6) is 0.206. The van der Waals surface area contributed by atoms with Crippen molar-refractivity contribution in [3.8, 4) is 5.75 Å². The molecule has 2 N–H and O–H groups in total. The Bertz CT molecular complexity index is 1080. The van der Waals surface area contributed by atoms with Crippen LogP contribution in [0.2, 0.25) is 0 Å². The molecule has 7 heteroatoms. The molecule has 6 nitrogen and oxygen atoms in total. The minimum atomic E-state index is -1.08. The molecule has 3 rings (SSSR count). The molecule has 0 spiro atoms. The van der Waals surface area contributed by atoms with Gasteiger partial charge in [0.15, 0.2) is 10.7 Å². The standard InChI is InChI=1S/C23H27N3O3S/c1-14(27)24-16-9-12-18-19(13-16)30-21(25-18)26-20(28)23(5,6)29-17-10-7-15(8-11-17)22(2,3)4/h7-13H,1-6H3,(H,24,27)(H,25,26,28). The minimum Gasteiger partial charge on any atom is -0.478 e. The number of aromatic nitrogens is 1. The molecule has 2 aromatic carbocycles. The summed E-state index contributed by atoms with van der Waals surface area (Å²) in [7, 11) is 0. The number of hydrogen-bond donors (Lipinski definition) is 2. The third kappa shape index (κ3) is 5.16. The van der Waals surface area contributed by atoms with Gasteiger partial charge >= 0.3 is 0 Å². The van der Waals surface area contributed by atoms with E-state index < -0.39 is 5.60 Å². The molecular weight excluding hydrogens is 398 g/mol. The van der Waals surface area contributed by atoms with Gasteiger partial charge in [-0.3, -0.25) is 14.9 Å². The summed E-state index contributed by atoms with van der Waals surface area (Å²) in [5, 5.41) is 6.07. The highest BCUT2D eigenvalue weighted by Crippen LogP contribution is 2.30. The molecule has 0 unspecified atom stereocenters. The van der Waals surface area contributed by atoms with Gasteiger partial charge < -0.3 is 10.1 Å². The van der Waals surface area contributed by atoms with Crippen LogP contribution in [0.5, 0.6) is 5.75 Å². The largest absolute Gasteiger partial charge is 0.478 e. The highest BCUT2D eigenvalue weighted by atomic mass is 32.1. The molecule has 30 heavy (non-hydrogen) atoms. The summed E-state index contributed by atoms with van der Waals surface area (Å²) >= 11 is 1.34. The van der Waals surface area contributed by atoms with Crippen molar-refractivity contribution in [2.75, 3.05) is 10.6 Å². The molecular formula is C23H27N3O3S. The number of nitrogens with zero attached hydrogens (tertiary/aromatic N) is 1. The summed E-state index contributed by atoms with van der Waals surface area (Å²) in [6, 6.07) is 13.2. The van der Waals surface area contributed by atoms with Crippen molar-refractivity contribution < 1.29 is 14.3 Å². The van der Waals surface area contributed by atoms with Crippen molar-refractivity contribution in [2.45, 2.75) is 52.6 Å². The van der Waals surface area contributed by atoms with Crippen LogP contribution in [0.4, 0.5) is 10.8 Å². The van der Waals surface area contributed by atoms with Crippen molar-refractivity contribution in [3.63, 3.8) is 0 Å². The van der Waals surface area contributed by atoms with Crippen molar-refractivity contribution in [2.24, 2.45) is 0 Å². The van der Waals surface area contributed by atoms with E-state index in [0.717, 1.165) is 10.2 Å². The van der Waals surface area contributed by atoms with Crippen molar-refractivity contribution in [1.29, 1.82) is 0 Å². The average Bonchev–Trinajstić information content (AvgIpc) is 3.02. The summed E-state index contributed by atoms with van der Waals surface area (Å²) in [5.41, 5.74) is 1.62. The van der Waals surface area contributed by atoms with Gasteiger partial charge in [-0.1, -0.05) is 44.2 Å². The lowest BCUT2D eigenvalue weighted by Gasteiger charge is -2.25. The Kier molecular flexibility index (Phi) is 5.85. The molecule has 0 aliphatic carbocycles. The molecule has 3 aromatic rings. The molecule has 0 saturated carbocycles. The third-order valence-corrected chi connectivity index (χ3v) is 5.50. The van der Waals surface area contributed by atoms with Crippen LogP contribution in [-0.2, 0) is 15.0 Å². The first-order chi connectivity index (χ1) is 13.9. The topological polar surface area (TPSA) is 80.3 Å². The van der Waals surface area contributed by atoms with Gasteiger partial charge in [-0.05, 0) is 55.2 Å². The zero-order valence-corrected chi connectivity index (χ0v) is 18.9. The Morgan fingerprint density at radius 1 is 0.967 bits per heavy atom. The molecule has 0 aliphatic rings. The van der Waals surface area contributed by atoms with E-state index in [1.165, 1.54) is 23.8 Å². The third-order valence-electron chi connectivity index (χ3n) is 4.57. The average molecular weight is 426 g/mol. The first kappa shape index (κ1) is 21.8. The number of thiazole rings is 1. The smallest absolute Gasteiger partial charge is 0.269 e. The lowest BCUT2D eigenvalue weighted by molar-refractivity contribution is -0.128. The number of amides is 2. The van der Waals surface area contributed by atoms with Gasteiger partial charge in [0.1, 0.15) is 5.75 Å². The number of rotatable bonds is 5. The van der Waals surface area contributed by atoms with Gasteiger partial charge in [0.2, 0.25) is 5.91 Å². The number of fused-ring (bicyclic) bond motifs is 1. The van der Waals surface area contributed by atoms with Crippen LogP contribution in [0.3, 0.4) is 0 Å². The summed E-state index contributed by atoms with van der Waals surface area (Å²) in [6.45, 7) is 11.4. The highest BCUT2D eigenvalue weighted by molar-refractivity contribution is 7.22. The Morgan fingerprint density at radius 3 is 2.23 bits per heavy atom. The fourth-order valence-corrected chi connectivity index (χ4v) is 3.77. The van der Waals surface area contributed by atoms with E-state index in [2.05, 4.69) is 36.4 Å². The molecule has 1 heterocycles. The van der Waals surface area contributed by atoms with E-state index in [0.29, 0.717) is 16.6 Å². The second kappa shape index (κ2) is 8.07. The zero-order valence-electron chi connectivity index (χ0n) is 18.1. The molecule has 0 bridgehead atoms. The van der Waals surface area contributed by atoms with E-state index in [9.17, 15) is 9.59 Å². The van der Waals surface area contributed by atoms with E-state index in [4.69, 9.17) is 4.74 Å². The maximum atomic E-state index is 12.8. The highest BCUT2D eigenvalue weighted by Gasteiger charge is 2.31. The van der Waals surface area contributed by atoms with Crippen LogP contribution >= 0.6 is 11.3 Å². The van der Waals surface area contributed by atoms with E-state index in [-0.39, 0.29) is 17.2 Å². The first-order valence-corrected chi connectivity index (χ1v) is 10.5. The summed E-state index contributed by atoms with van der Waals surface area (Å²) in [6.07, 6.45) is 0. The van der Waals surface area contributed by atoms with Crippen LogP contribution in [0.1, 0.15) is 47.1 Å². The van der Waals surface area contributed by atoms with Gasteiger partial charge in [-0.15, -0.1) is 0 Å². The fraction of sp³-hybridized carbons (Fsp3) is 0.348. The number of nitrogens with one attached hydrogen (secondary N) is 2. The predicted octanol–water partition coefficient (Wildman–Crippen LogP) is 5.35. The number of anilines is 2. The number of carbonyl (C=O) groups is 2. The zero-order chi connectivity index (χ0) is 22.1. The van der Waals surface area contributed by atoms with Crippen LogP contribution in [0.25, 0.3) is 10.2 Å². The van der Waals surface area contributed by atoms with Crippen molar-refractivity contribution in [3.05, 3.63) is 48.0 Å². The molecule has 0 fully saturated rings. The van der Waals surface area contributed by atoms with Gasteiger partial charge in [0.05, 0.1) is 10.2 Å². The minimum absolute atomic E-state index is 0.0536. The van der Waals surface area contributed by atoms with Crippen LogP contribution in [-0.4, -0.2) is 22.4 Å². The first-order valence-electron chi connectivity index (χ1n) is 9.73. The second-order valence-electron chi connectivity index (χ2n) is 8.72.